The van der Waals surface area contributed by atoms with Gasteiger partial charge in [0.15, 0.2) is 0 Å². The van der Waals surface area contributed by atoms with Gasteiger partial charge in [0.1, 0.15) is 11.5 Å². The van der Waals surface area contributed by atoms with Crippen LogP contribution >= 0.6 is 0 Å². The third-order valence-corrected chi connectivity index (χ3v) is 4.40. The largest absolute Gasteiger partial charge is 0.469 e. The van der Waals surface area contributed by atoms with Gasteiger partial charge < -0.3 is 14.2 Å². The second-order valence-corrected chi connectivity index (χ2v) is 5.84. The Labute approximate surface area is 130 Å². The molecule has 22 heavy (non-hydrogen) atoms. The molecule has 0 N–H and O–H groups in total. The van der Waals surface area contributed by atoms with Crippen molar-refractivity contribution in [1.29, 1.82) is 0 Å². The fourth-order valence-electron chi connectivity index (χ4n) is 3.04. The van der Waals surface area contributed by atoms with Crippen molar-refractivity contribution in [3.63, 3.8) is 0 Å². The minimum absolute atomic E-state index is 0.0690. The Balaban J connectivity index is 1.50. The van der Waals surface area contributed by atoms with Gasteiger partial charge in [0.25, 0.3) is 0 Å². The molecule has 3 rings (SSSR count). The van der Waals surface area contributed by atoms with Crippen LogP contribution in [0.4, 0.5) is 0 Å². The van der Waals surface area contributed by atoms with Crippen LogP contribution in [0.15, 0.2) is 23.2 Å². The van der Waals surface area contributed by atoms with Crippen molar-refractivity contribution in [3.8, 4) is 11.5 Å². The third kappa shape index (κ3) is 3.40. The summed E-state index contributed by atoms with van der Waals surface area (Å²) in [5.74, 6) is 2.22. The molecule has 0 unspecified atom stereocenters. The van der Waals surface area contributed by atoms with Gasteiger partial charge >= 0.3 is 5.97 Å². The van der Waals surface area contributed by atoms with Crippen molar-refractivity contribution in [2.75, 3.05) is 20.4 Å². The van der Waals surface area contributed by atoms with Crippen LogP contribution in [0.25, 0.3) is 0 Å². The molecule has 1 aliphatic carbocycles. The number of methoxy groups -OCH3 is 1. The number of rotatable bonds is 4. The van der Waals surface area contributed by atoms with E-state index in [0.29, 0.717) is 5.92 Å². The number of benzene rings is 1. The van der Waals surface area contributed by atoms with Gasteiger partial charge in [-0.25, -0.2) is 0 Å². The van der Waals surface area contributed by atoms with Crippen molar-refractivity contribution in [2.24, 2.45) is 16.8 Å². The number of carbonyl (C=O) groups is 1. The number of aliphatic imine (C=N–C) groups is 1. The summed E-state index contributed by atoms with van der Waals surface area (Å²) >= 11 is 0. The fourth-order valence-corrected chi connectivity index (χ4v) is 3.04. The maximum absolute atomic E-state index is 11.5. The van der Waals surface area contributed by atoms with E-state index in [1.807, 2.05) is 24.4 Å². The fraction of sp³-hybridized carbons (Fsp3) is 0.529. The van der Waals surface area contributed by atoms with E-state index in [1.165, 1.54) is 7.11 Å². The van der Waals surface area contributed by atoms with E-state index in [-0.39, 0.29) is 18.7 Å². The Morgan fingerprint density at radius 3 is 2.91 bits per heavy atom. The van der Waals surface area contributed by atoms with Crippen molar-refractivity contribution in [3.05, 3.63) is 23.8 Å². The van der Waals surface area contributed by atoms with E-state index >= 15 is 0 Å². The van der Waals surface area contributed by atoms with Crippen LogP contribution < -0.4 is 9.47 Å². The number of carbonyl (C=O) groups excluding carboxylic acids is 1. The number of esters is 1. The maximum Gasteiger partial charge on any atom is 0.308 e. The lowest BCUT2D eigenvalue weighted by Crippen LogP contribution is -2.23. The second kappa shape index (κ2) is 6.81. The number of nitrogens with zero attached hydrogens (tertiary/aromatic N) is 1. The van der Waals surface area contributed by atoms with Gasteiger partial charge in [-0.15, -0.1) is 0 Å². The zero-order valence-corrected chi connectivity index (χ0v) is 12.8. The summed E-state index contributed by atoms with van der Waals surface area (Å²) in [7, 11) is 1.46. The van der Waals surface area contributed by atoms with E-state index in [4.69, 9.17) is 14.2 Å². The highest BCUT2D eigenvalue weighted by Gasteiger charge is 2.26. The maximum atomic E-state index is 11.5. The monoisotopic (exact) mass is 303 g/mol. The van der Waals surface area contributed by atoms with Crippen LogP contribution in [0.1, 0.15) is 31.2 Å². The predicted molar refractivity (Wildman–Crippen MR) is 82.5 cm³/mol. The molecule has 0 spiro atoms. The van der Waals surface area contributed by atoms with Gasteiger partial charge in [-0.1, -0.05) is 0 Å². The predicted octanol–water partition coefficient (Wildman–Crippen LogP) is 2.81. The highest BCUT2D eigenvalue weighted by Crippen LogP contribution is 2.30. The van der Waals surface area contributed by atoms with Crippen molar-refractivity contribution in [2.45, 2.75) is 25.7 Å². The standard InChI is InChI=1S/C17H21NO4/c1-20-17(19)13-4-2-12(3-5-13)9-18-10-14-6-7-15-8-16(14)22-11-21-15/h6-8,10,12-13H,2-5,9,11H2,1H3. The first-order chi connectivity index (χ1) is 10.8. The molecule has 0 radical (unpaired) electrons. The van der Waals surface area contributed by atoms with Crippen LogP contribution in [-0.4, -0.2) is 32.6 Å². The van der Waals surface area contributed by atoms with E-state index in [1.54, 1.807) is 0 Å². The molecule has 118 valence electrons. The Morgan fingerprint density at radius 1 is 1.32 bits per heavy atom. The van der Waals surface area contributed by atoms with Gasteiger partial charge in [0.05, 0.1) is 13.0 Å². The van der Waals surface area contributed by atoms with Crippen LogP contribution in [0.2, 0.25) is 0 Å². The quantitative estimate of drug-likeness (QED) is 0.634. The average molecular weight is 303 g/mol. The molecule has 1 heterocycles. The Kier molecular flexibility index (Phi) is 4.61. The van der Waals surface area contributed by atoms with Gasteiger partial charge in [-0.2, -0.15) is 0 Å². The molecule has 0 atom stereocenters. The average Bonchev–Trinajstić information content (AvgIpc) is 2.57. The third-order valence-electron chi connectivity index (χ3n) is 4.40. The Morgan fingerprint density at radius 2 is 2.14 bits per heavy atom. The molecule has 0 aromatic heterocycles. The van der Waals surface area contributed by atoms with Crippen molar-refractivity contribution >= 4 is 12.2 Å². The number of hydrogen-bond donors (Lipinski definition) is 0. The van der Waals surface area contributed by atoms with Gasteiger partial charge in [0, 0.05) is 24.4 Å². The Hall–Kier alpha value is -2.04. The molecule has 1 aromatic rings. The summed E-state index contributed by atoms with van der Waals surface area (Å²) in [6.07, 6.45) is 5.76. The van der Waals surface area contributed by atoms with E-state index < -0.39 is 0 Å². The summed E-state index contributed by atoms with van der Waals surface area (Å²) in [6.45, 7) is 1.06. The van der Waals surface area contributed by atoms with E-state index in [0.717, 1.165) is 49.3 Å². The molecule has 1 fully saturated rings. The SMILES string of the molecule is COC(=O)C1CCC(CN=Cc2ccc3cc2OCO3)CC1. The van der Waals surface area contributed by atoms with Crippen molar-refractivity contribution in [1.82, 2.24) is 0 Å². The highest BCUT2D eigenvalue weighted by atomic mass is 16.7. The van der Waals surface area contributed by atoms with Crippen LogP contribution in [-0.2, 0) is 9.53 Å². The smallest absolute Gasteiger partial charge is 0.308 e. The highest BCUT2D eigenvalue weighted by molar-refractivity contribution is 5.84. The lowest BCUT2D eigenvalue weighted by atomic mass is 9.82. The topological polar surface area (TPSA) is 57.1 Å². The summed E-state index contributed by atoms with van der Waals surface area (Å²) in [6, 6.07) is 5.77. The van der Waals surface area contributed by atoms with Gasteiger partial charge in [-0.05, 0) is 43.7 Å². The lowest BCUT2D eigenvalue weighted by molar-refractivity contribution is -0.146. The summed E-state index contributed by atoms with van der Waals surface area (Å²) in [4.78, 5) is 16.1. The molecule has 1 saturated carbocycles. The first-order valence-corrected chi connectivity index (χ1v) is 7.73. The molecule has 0 amide bonds. The molecule has 2 aliphatic rings. The molecule has 0 saturated heterocycles. The first kappa shape index (κ1) is 14.9. The number of fused-ring (bicyclic) bond motifs is 2. The molecular formula is C17H21NO4. The summed E-state index contributed by atoms with van der Waals surface area (Å²) < 4.78 is 15.5. The number of hydrogen-bond acceptors (Lipinski definition) is 5. The van der Waals surface area contributed by atoms with Gasteiger partial charge in [-0.3, -0.25) is 9.79 Å². The second-order valence-electron chi connectivity index (χ2n) is 5.84. The van der Waals surface area contributed by atoms with E-state index in [9.17, 15) is 4.79 Å². The minimum atomic E-state index is -0.0690. The van der Waals surface area contributed by atoms with E-state index in [2.05, 4.69) is 4.99 Å². The molecule has 5 nitrogen and oxygen atoms in total. The zero-order valence-electron chi connectivity index (χ0n) is 12.8. The Bertz CT molecular complexity index is 562. The van der Waals surface area contributed by atoms with Crippen LogP contribution in [0.5, 0.6) is 11.5 Å². The summed E-state index contributed by atoms with van der Waals surface area (Å²) in [5, 5.41) is 0. The molecule has 5 heteroatoms. The summed E-state index contributed by atoms with van der Waals surface area (Å²) in [5.41, 5.74) is 0.982. The first-order valence-electron chi connectivity index (χ1n) is 7.73. The van der Waals surface area contributed by atoms with Gasteiger partial charge in [0.2, 0.25) is 6.79 Å². The molecule has 1 aliphatic heterocycles. The van der Waals surface area contributed by atoms with Crippen LogP contribution in [0.3, 0.4) is 0 Å². The zero-order chi connectivity index (χ0) is 15.4. The lowest BCUT2D eigenvalue weighted by Gasteiger charge is -2.25. The molecular weight excluding hydrogens is 282 g/mol. The minimum Gasteiger partial charge on any atom is -0.469 e. The van der Waals surface area contributed by atoms with Crippen molar-refractivity contribution < 1.29 is 19.0 Å². The molecule has 1 aromatic carbocycles. The van der Waals surface area contributed by atoms with Crippen LogP contribution in [0, 0.1) is 11.8 Å². The number of ether oxygens (including phenoxy) is 3. The normalized spacial score (nSPS) is 23.7. The molecule has 2 bridgehead atoms.